The number of anilines is 1. The Kier molecular flexibility index (Phi) is 3.73. The summed E-state index contributed by atoms with van der Waals surface area (Å²) in [6, 6.07) is 9.78. The second-order valence-corrected chi connectivity index (χ2v) is 5.46. The van der Waals surface area contributed by atoms with Crippen LogP contribution in [-0.4, -0.2) is 35.0 Å². The van der Waals surface area contributed by atoms with Crippen molar-refractivity contribution in [3.05, 3.63) is 76.7 Å². The van der Waals surface area contributed by atoms with Gasteiger partial charge in [0.05, 0.1) is 0 Å². The zero-order valence-electron chi connectivity index (χ0n) is 13.7. The molecule has 0 saturated carbocycles. The standard InChI is InChI=1S/C17H13N7O2/c1-11-9-15(25)24-14(21-11)10-12(23(24)13-5-2-3-6-18-13)16(26)22-17-19-7-4-8-20-17/h2-10H,1H3,(H,19,20,22,26). The van der Waals surface area contributed by atoms with Crippen LogP contribution in [0.3, 0.4) is 0 Å². The predicted molar refractivity (Wildman–Crippen MR) is 93.3 cm³/mol. The highest BCUT2D eigenvalue weighted by atomic mass is 16.2. The van der Waals surface area contributed by atoms with Crippen molar-refractivity contribution in [3.63, 3.8) is 0 Å². The van der Waals surface area contributed by atoms with Gasteiger partial charge in [-0.05, 0) is 25.1 Å². The quantitative estimate of drug-likeness (QED) is 0.597. The molecular formula is C17H13N7O2. The number of aromatic nitrogens is 6. The van der Waals surface area contributed by atoms with Crippen LogP contribution in [0.1, 0.15) is 16.2 Å². The highest BCUT2D eigenvalue weighted by Crippen LogP contribution is 2.14. The zero-order chi connectivity index (χ0) is 18.1. The molecule has 4 heterocycles. The topological polar surface area (TPSA) is 107 Å². The molecule has 0 aliphatic carbocycles. The minimum Gasteiger partial charge on any atom is -0.289 e. The largest absolute Gasteiger partial charge is 0.289 e. The molecule has 1 amide bonds. The Balaban J connectivity index is 1.92. The molecule has 0 aromatic carbocycles. The van der Waals surface area contributed by atoms with E-state index in [1.54, 1.807) is 37.4 Å². The number of fused-ring (bicyclic) bond motifs is 1. The molecule has 26 heavy (non-hydrogen) atoms. The number of rotatable bonds is 3. The van der Waals surface area contributed by atoms with Gasteiger partial charge in [0.25, 0.3) is 11.5 Å². The number of amides is 1. The number of nitrogens with zero attached hydrogens (tertiary/aromatic N) is 6. The lowest BCUT2D eigenvalue weighted by Crippen LogP contribution is -2.25. The van der Waals surface area contributed by atoms with Gasteiger partial charge in [-0.2, -0.15) is 4.52 Å². The molecule has 0 unspecified atom stereocenters. The van der Waals surface area contributed by atoms with Crippen LogP contribution >= 0.6 is 0 Å². The lowest BCUT2D eigenvalue weighted by Gasteiger charge is -2.09. The average Bonchev–Trinajstić information content (AvgIpc) is 3.03. The first kappa shape index (κ1) is 15.6. The van der Waals surface area contributed by atoms with Crippen molar-refractivity contribution in [1.29, 1.82) is 0 Å². The molecule has 128 valence electrons. The summed E-state index contributed by atoms with van der Waals surface area (Å²) in [6.45, 7) is 1.72. The zero-order valence-corrected chi connectivity index (χ0v) is 13.7. The van der Waals surface area contributed by atoms with Gasteiger partial charge in [-0.15, -0.1) is 0 Å². The molecule has 0 spiro atoms. The SMILES string of the molecule is Cc1cc(=O)n2c(cc(C(=O)Nc3ncccn3)n2-c2ccccn2)n1. The first-order valence-corrected chi connectivity index (χ1v) is 7.76. The van der Waals surface area contributed by atoms with E-state index in [9.17, 15) is 9.59 Å². The van der Waals surface area contributed by atoms with Crippen molar-refractivity contribution in [1.82, 2.24) is 29.1 Å². The third kappa shape index (κ3) is 2.71. The Morgan fingerprint density at radius 2 is 1.81 bits per heavy atom. The summed E-state index contributed by atoms with van der Waals surface area (Å²) in [6.07, 6.45) is 4.62. The number of hydrogen-bond acceptors (Lipinski definition) is 6. The third-order valence-electron chi connectivity index (χ3n) is 3.63. The minimum absolute atomic E-state index is 0.159. The van der Waals surface area contributed by atoms with Crippen LogP contribution in [-0.2, 0) is 0 Å². The summed E-state index contributed by atoms with van der Waals surface area (Å²) in [5, 5.41) is 2.61. The van der Waals surface area contributed by atoms with Gasteiger partial charge >= 0.3 is 0 Å². The van der Waals surface area contributed by atoms with E-state index in [0.717, 1.165) is 0 Å². The van der Waals surface area contributed by atoms with Gasteiger partial charge < -0.3 is 0 Å². The summed E-state index contributed by atoms with van der Waals surface area (Å²) in [7, 11) is 0. The van der Waals surface area contributed by atoms with Gasteiger partial charge in [0.2, 0.25) is 5.95 Å². The number of carbonyl (C=O) groups is 1. The Labute approximate surface area is 147 Å². The second-order valence-electron chi connectivity index (χ2n) is 5.46. The van der Waals surface area contributed by atoms with E-state index in [1.165, 1.54) is 33.7 Å². The Bertz CT molecular complexity index is 1150. The van der Waals surface area contributed by atoms with E-state index in [4.69, 9.17) is 0 Å². The Morgan fingerprint density at radius 3 is 2.54 bits per heavy atom. The Morgan fingerprint density at radius 1 is 1.04 bits per heavy atom. The van der Waals surface area contributed by atoms with Crippen molar-refractivity contribution in [3.8, 4) is 5.82 Å². The van der Waals surface area contributed by atoms with Crippen molar-refractivity contribution in [2.75, 3.05) is 5.32 Å². The fourth-order valence-corrected chi connectivity index (χ4v) is 2.59. The second kappa shape index (κ2) is 6.20. The van der Waals surface area contributed by atoms with Gasteiger partial charge in [-0.1, -0.05) is 6.07 Å². The molecule has 0 bridgehead atoms. The molecule has 4 rings (SSSR count). The molecule has 9 nitrogen and oxygen atoms in total. The summed E-state index contributed by atoms with van der Waals surface area (Å²) >= 11 is 0. The van der Waals surface area contributed by atoms with Crippen LogP contribution in [0.5, 0.6) is 0 Å². The van der Waals surface area contributed by atoms with Crippen molar-refractivity contribution in [2.45, 2.75) is 6.92 Å². The first-order valence-electron chi connectivity index (χ1n) is 7.76. The average molecular weight is 347 g/mol. The number of hydrogen-bond donors (Lipinski definition) is 1. The van der Waals surface area contributed by atoms with Crippen molar-refractivity contribution < 1.29 is 4.79 Å². The van der Waals surface area contributed by atoms with E-state index in [0.29, 0.717) is 17.2 Å². The van der Waals surface area contributed by atoms with E-state index in [-0.39, 0.29) is 17.2 Å². The first-order chi connectivity index (χ1) is 12.6. The summed E-state index contributed by atoms with van der Waals surface area (Å²) < 4.78 is 2.72. The lowest BCUT2D eigenvalue weighted by atomic mass is 10.3. The minimum atomic E-state index is -0.482. The summed E-state index contributed by atoms with van der Waals surface area (Å²) in [5.74, 6) is 0.0885. The molecule has 0 fully saturated rings. The molecule has 0 saturated heterocycles. The van der Waals surface area contributed by atoms with Crippen LogP contribution < -0.4 is 10.9 Å². The highest BCUT2D eigenvalue weighted by molar-refractivity contribution is 6.03. The van der Waals surface area contributed by atoms with Gasteiger partial charge in [0.1, 0.15) is 5.69 Å². The number of aryl methyl sites for hydroxylation is 1. The monoisotopic (exact) mass is 347 g/mol. The molecule has 0 radical (unpaired) electrons. The molecule has 0 aliphatic rings. The number of carbonyl (C=O) groups excluding carboxylic acids is 1. The van der Waals surface area contributed by atoms with Crippen LogP contribution in [0.25, 0.3) is 11.5 Å². The fraction of sp³-hybridized carbons (Fsp3) is 0.0588. The smallest absolute Gasteiger partial charge is 0.276 e. The van der Waals surface area contributed by atoms with Gasteiger partial charge in [-0.3, -0.25) is 14.9 Å². The van der Waals surface area contributed by atoms with Gasteiger partial charge in [0.15, 0.2) is 11.5 Å². The van der Waals surface area contributed by atoms with E-state index < -0.39 is 5.91 Å². The Hall–Kier alpha value is -3.88. The number of pyridine rings is 1. The van der Waals surface area contributed by atoms with E-state index >= 15 is 0 Å². The van der Waals surface area contributed by atoms with E-state index in [1.807, 2.05) is 0 Å². The number of nitrogens with one attached hydrogen (secondary N) is 1. The maximum absolute atomic E-state index is 12.8. The molecule has 4 aromatic heterocycles. The van der Waals surface area contributed by atoms with Gasteiger partial charge in [-0.25, -0.2) is 24.6 Å². The molecule has 0 aliphatic heterocycles. The van der Waals surface area contributed by atoms with E-state index in [2.05, 4.69) is 25.3 Å². The lowest BCUT2D eigenvalue weighted by molar-refractivity contribution is 0.101. The molecule has 0 atom stereocenters. The van der Waals surface area contributed by atoms with Gasteiger partial charge in [0, 0.05) is 36.4 Å². The van der Waals surface area contributed by atoms with Crippen LogP contribution in [0.4, 0.5) is 5.95 Å². The van der Waals surface area contributed by atoms with Crippen molar-refractivity contribution >= 4 is 17.5 Å². The van der Waals surface area contributed by atoms with Crippen LogP contribution in [0, 0.1) is 6.92 Å². The molecule has 1 N–H and O–H groups in total. The summed E-state index contributed by atoms with van der Waals surface area (Å²) in [4.78, 5) is 41.8. The maximum atomic E-state index is 12.8. The molecular weight excluding hydrogens is 334 g/mol. The third-order valence-corrected chi connectivity index (χ3v) is 3.63. The maximum Gasteiger partial charge on any atom is 0.276 e. The molecule has 9 heteroatoms. The van der Waals surface area contributed by atoms with Crippen molar-refractivity contribution in [2.24, 2.45) is 0 Å². The molecule has 4 aromatic rings. The fourth-order valence-electron chi connectivity index (χ4n) is 2.59. The summed E-state index contributed by atoms with van der Waals surface area (Å²) in [5.41, 5.74) is 0.783. The van der Waals surface area contributed by atoms with Crippen LogP contribution in [0.2, 0.25) is 0 Å². The highest BCUT2D eigenvalue weighted by Gasteiger charge is 2.20. The normalized spacial score (nSPS) is 10.8. The predicted octanol–water partition coefficient (Wildman–Crippen LogP) is 1.23. The van der Waals surface area contributed by atoms with Crippen LogP contribution in [0.15, 0.2) is 59.8 Å².